The molecule has 0 aliphatic carbocycles. The van der Waals surface area contributed by atoms with Crippen molar-refractivity contribution in [3.63, 3.8) is 0 Å². The molecule has 0 spiro atoms. The van der Waals surface area contributed by atoms with E-state index in [-0.39, 0.29) is 11.9 Å². The number of amides is 1. The molecule has 4 nitrogen and oxygen atoms in total. The summed E-state index contributed by atoms with van der Waals surface area (Å²) in [6.45, 7) is 0.772. The average molecular weight is 402 g/mol. The zero-order chi connectivity index (χ0) is 19.2. The molecule has 0 saturated heterocycles. The normalized spacial score (nSPS) is 13.0. The molecule has 0 saturated carbocycles. The van der Waals surface area contributed by atoms with Gasteiger partial charge in [0.1, 0.15) is 12.3 Å². The minimum Gasteiger partial charge on any atom is -0.495 e. The van der Waals surface area contributed by atoms with E-state index in [9.17, 15) is 4.79 Å². The highest BCUT2D eigenvalue weighted by Gasteiger charge is 2.29. The van der Waals surface area contributed by atoms with Crippen LogP contribution in [0.2, 0.25) is 5.02 Å². The van der Waals surface area contributed by atoms with Crippen molar-refractivity contribution in [1.29, 1.82) is 0 Å². The molecule has 2 N–H and O–H groups in total. The van der Waals surface area contributed by atoms with Crippen LogP contribution in [0.5, 0.6) is 5.75 Å². The number of anilines is 1. The van der Waals surface area contributed by atoms with Crippen LogP contribution < -0.4 is 15.0 Å². The Morgan fingerprint density at radius 3 is 2.59 bits per heavy atom. The van der Waals surface area contributed by atoms with E-state index in [0.717, 1.165) is 17.0 Å². The van der Waals surface area contributed by atoms with Crippen molar-refractivity contribution in [2.24, 2.45) is 0 Å². The van der Waals surface area contributed by atoms with Crippen molar-refractivity contribution in [3.8, 4) is 5.75 Å². The van der Waals surface area contributed by atoms with Crippen LogP contribution in [-0.2, 0) is 11.3 Å². The van der Waals surface area contributed by atoms with Crippen LogP contribution in [-0.4, -0.2) is 20.1 Å². The van der Waals surface area contributed by atoms with Crippen LogP contribution in [0.3, 0.4) is 0 Å². The number of methoxy groups -OCH3 is 1. The zero-order valence-corrected chi connectivity index (χ0v) is 16.8. The van der Waals surface area contributed by atoms with Gasteiger partial charge < -0.3 is 15.0 Å². The number of nitrogens with one attached hydrogen (secondary N) is 2. The number of ether oxygens (including phenoxy) is 1. The molecule has 1 heterocycles. The molecule has 1 aromatic heterocycles. The van der Waals surface area contributed by atoms with E-state index in [1.165, 1.54) is 4.88 Å². The van der Waals surface area contributed by atoms with Crippen LogP contribution in [0.1, 0.15) is 16.5 Å². The van der Waals surface area contributed by atoms with Crippen molar-refractivity contribution >= 4 is 34.5 Å². The number of hydrogen-bond donors (Lipinski definition) is 2. The Bertz CT molecular complexity index is 884. The zero-order valence-electron chi connectivity index (χ0n) is 15.2. The van der Waals surface area contributed by atoms with Gasteiger partial charge in [-0.25, -0.2) is 0 Å². The topological polar surface area (TPSA) is 42.8 Å². The molecule has 2 aromatic carbocycles. The standard InChI is InChI=1S/C21H21ClN2O2S/c1-24(14-17-9-6-12-27-17)20(15-7-4-3-5-8-15)21(25)23-16-10-11-19(26-2)18(22)13-16/h3-13,20H,14H2,1-2H3,(H,23,25)/p+1/t20-/m0/s1. The minimum absolute atomic E-state index is 0.0727. The number of carbonyl (C=O) groups is 1. The van der Waals surface area contributed by atoms with Crippen LogP contribution in [0.15, 0.2) is 66.0 Å². The summed E-state index contributed by atoms with van der Waals surface area (Å²) in [5.41, 5.74) is 1.62. The lowest BCUT2D eigenvalue weighted by Crippen LogP contribution is -3.09. The minimum atomic E-state index is -0.339. The molecule has 140 valence electrons. The largest absolute Gasteiger partial charge is 0.495 e. The van der Waals surface area contributed by atoms with E-state index in [1.54, 1.807) is 36.6 Å². The number of quaternary nitrogens is 1. The lowest BCUT2D eigenvalue weighted by molar-refractivity contribution is -0.915. The highest BCUT2D eigenvalue weighted by molar-refractivity contribution is 7.09. The Labute approximate surface area is 168 Å². The average Bonchev–Trinajstić information content (AvgIpc) is 3.16. The van der Waals surface area contributed by atoms with Crippen molar-refractivity contribution in [3.05, 3.63) is 81.5 Å². The number of hydrogen-bond acceptors (Lipinski definition) is 3. The number of likely N-dealkylation sites (N-methyl/N-ethyl adjacent to an activating group) is 1. The summed E-state index contributed by atoms with van der Waals surface area (Å²) in [6, 6.07) is 18.9. The van der Waals surface area contributed by atoms with Crippen molar-refractivity contribution in [2.75, 3.05) is 19.5 Å². The third kappa shape index (κ3) is 4.89. The van der Waals surface area contributed by atoms with E-state index in [1.807, 2.05) is 43.4 Å². The number of carbonyl (C=O) groups excluding carboxylic acids is 1. The fourth-order valence-corrected chi connectivity index (χ4v) is 4.11. The molecule has 3 aromatic rings. The smallest absolute Gasteiger partial charge is 0.287 e. The highest BCUT2D eigenvalue weighted by atomic mass is 35.5. The van der Waals surface area contributed by atoms with Gasteiger partial charge in [-0.1, -0.05) is 48.0 Å². The molecular weight excluding hydrogens is 380 g/mol. The van der Waals surface area contributed by atoms with Crippen molar-refractivity contribution < 1.29 is 14.4 Å². The summed E-state index contributed by atoms with van der Waals surface area (Å²) in [6.07, 6.45) is 0. The fourth-order valence-electron chi connectivity index (χ4n) is 3.05. The van der Waals surface area contributed by atoms with Gasteiger partial charge in [-0.3, -0.25) is 4.79 Å². The second-order valence-corrected chi connectivity index (χ2v) is 7.72. The predicted octanol–water partition coefficient (Wildman–Crippen LogP) is 3.80. The number of halogens is 1. The Kier molecular flexibility index (Phi) is 6.50. The van der Waals surface area contributed by atoms with Crippen LogP contribution in [0.25, 0.3) is 0 Å². The molecule has 0 aliphatic heterocycles. The van der Waals surface area contributed by atoms with Gasteiger partial charge in [0.25, 0.3) is 5.91 Å². The third-order valence-corrected chi connectivity index (χ3v) is 5.51. The van der Waals surface area contributed by atoms with Gasteiger partial charge in [0.2, 0.25) is 0 Å². The molecule has 6 heteroatoms. The first-order valence-corrected chi connectivity index (χ1v) is 9.88. The molecule has 3 rings (SSSR count). The van der Waals surface area contributed by atoms with Gasteiger partial charge in [-0.05, 0) is 29.6 Å². The molecule has 0 aliphatic rings. The maximum atomic E-state index is 13.1. The van der Waals surface area contributed by atoms with Crippen LogP contribution in [0.4, 0.5) is 5.69 Å². The first-order valence-electron chi connectivity index (χ1n) is 8.62. The number of benzene rings is 2. The fraction of sp³-hybridized carbons (Fsp3) is 0.190. The summed E-state index contributed by atoms with van der Waals surface area (Å²) in [5.74, 6) is 0.506. The molecule has 1 unspecified atom stereocenters. The van der Waals surface area contributed by atoms with Crippen LogP contribution in [0, 0.1) is 0 Å². The molecule has 0 radical (unpaired) electrons. The number of thiophene rings is 1. The summed E-state index contributed by atoms with van der Waals surface area (Å²) >= 11 is 7.89. The predicted molar refractivity (Wildman–Crippen MR) is 111 cm³/mol. The first kappa shape index (κ1) is 19.4. The molecule has 1 amide bonds. The quantitative estimate of drug-likeness (QED) is 0.632. The second kappa shape index (κ2) is 9.04. The monoisotopic (exact) mass is 401 g/mol. The first-order chi connectivity index (χ1) is 13.1. The maximum Gasteiger partial charge on any atom is 0.287 e. The van der Waals surface area contributed by atoms with Gasteiger partial charge in [0.05, 0.1) is 24.1 Å². The maximum absolute atomic E-state index is 13.1. The van der Waals surface area contributed by atoms with Gasteiger partial charge in [0, 0.05) is 11.3 Å². The van der Waals surface area contributed by atoms with E-state index in [0.29, 0.717) is 16.5 Å². The van der Waals surface area contributed by atoms with Gasteiger partial charge in [0.15, 0.2) is 6.04 Å². The summed E-state index contributed by atoms with van der Waals surface area (Å²) in [5, 5.41) is 5.52. The third-order valence-electron chi connectivity index (χ3n) is 4.34. The summed E-state index contributed by atoms with van der Waals surface area (Å²) < 4.78 is 5.17. The van der Waals surface area contributed by atoms with Crippen molar-refractivity contribution in [2.45, 2.75) is 12.6 Å². The number of rotatable bonds is 7. The molecule has 2 atom stereocenters. The summed E-state index contributed by atoms with van der Waals surface area (Å²) in [7, 11) is 3.60. The van der Waals surface area contributed by atoms with E-state index in [4.69, 9.17) is 16.3 Å². The molecule has 0 bridgehead atoms. The SMILES string of the molecule is COc1ccc(NC(=O)[C@H](c2ccccc2)[NH+](C)Cc2cccs2)cc1Cl. The molecule has 27 heavy (non-hydrogen) atoms. The lowest BCUT2D eigenvalue weighted by atomic mass is 10.0. The Balaban J connectivity index is 1.83. The highest BCUT2D eigenvalue weighted by Crippen LogP contribution is 2.27. The van der Waals surface area contributed by atoms with Gasteiger partial charge >= 0.3 is 0 Å². The van der Waals surface area contributed by atoms with Gasteiger partial charge in [-0.2, -0.15) is 0 Å². The van der Waals surface area contributed by atoms with Crippen molar-refractivity contribution in [1.82, 2.24) is 0 Å². The van der Waals surface area contributed by atoms with Gasteiger partial charge in [-0.15, -0.1) is 11.3 Å². The van der Waals surface area contributed by atoms with E-state index >= 15 is 0 Å². The Morgan fingerprint density at radius 1 is 1.19 bits per heavy atom. The Hall–Kier alpha value is -2.34. The second-order valence-electron chi connectivity index (χ2n) is 6.28. The summed E-state index contributed by atoms with van der Waals surface area (Å²) in [4.78, 5) is 15.5. The lowest BCUT2D eigenvalue weighted by Gasteiger charge is -2.24. The Morgan fingerprint density at radius 2 is 1.96 bits per heavy atom. The van der Waals surface area contributed by atoms with E-state index in [2.05, 4.69) is 16.8 Å². The molecule has 0 fully saturated rings. The van der Waals surface area contributed by atoms with E-state index < -0.39 is 0 Å². The van der Waals surface area contributed by atoms with Crippen LogP contribution >= 0.6 is 22.9 Å². The molecular formula is C21H22ClN2O2S+.